The van der Waals surface area contributed by atoms with Crippen LogP contribution in [0.3, 0.4) is 0 Å². The van der Waals surface area contributed by atoms with Crippen LogP contribution in [0.15, 0.2) is 23.3 Å². The minimum atomic E-state index is 0. The third-order valence-corrected chi connectivity index (χ3v) is 3.78. The van der Waals surface area contributed by atoms with Gasteiger partial charge in [0.2, 0.25) is 0 Å². The van der Waals surface area contributed by atoms with Gasteiger partial charge < -0.3 is 4.74 Å². The van der Waals surface area contributed by atoms with Gasteiger partial charge in [-0.3, -0.25) is 4.90 Å². The summed E-state index contributed by atoms with van der Waals surface area (Å²) in [5.41, 5.74) is 2.78. The first-order valence-corrected chi connectivity index (χ1v) is 8.19. The summed E-state index contributed by atoms with van der Waals surface area (Å²) in [5, 5.41) is 0. The van der Waals surface area contributed by atoms with Crippen LogP contribution in [0.5, 0.6) is 0 Å². The van der Waals surface area contributed by atoms with E-state index in [1.165, 1.54) is 36.8 Å². The second kappa shape index (κ2) is 13.5. The molecule has 1 heterocycles. The molecule has 0 saturated carbocycles. The molecule has 1 fully saturated rings. The summed E-state index contributed by atoms with van der Waals surface area (Å²) in [6.45, 7) is 13.6. The molecule has 116 valence electrons. The zero-order chi connectivity index (χ0) is 14.6. The zero-order valence-electron chi connectivity index (χ0n) is 14.5. The van der Waals surface area contributed by atoms with Crippen molar-refractivity contribution in [3.05, 3.63) is 30.2 Å². The Morgan fingerprint density at radius 1 is 1.14 bits per heavy atom. The van der Waals surface area contributed by atoms with Gasteiger partial charge in [-0.05, 0) is 13.3 Å². The van der Waals surface area contributed by atoms with Crippen LogP contribution in [0.2, 0.25) is 0 Å². The minimum absolute atomic E-state index is 0. The standard InChI is InChI=1S/C18H32NO.Li/c1-4-5-6-7-9-17(2)10-8-11-18(3)16-19-12-14-20-15-13-19;/h9,11H,2,4-8,10,12-16H2,1,3H3;/q-1;+1/b17-9-,18-11-;. The maximum absolute atomic E-state index is 5.37. The van der Waals surface area contributed by atoms with Crippen LogP contribution in [-0.4, -0.2) is 37.7 Å². The van der Waals surface area contributed by atoms with Crippen molar-refractivity contribution < 1.29 is 23.6 Å². The fraction of sp³-hybridized carbons (Fsp3) is 0.722. The van der Waals surface area contributed by atoms with Crippen molar-refractivity contribution in [3.63, 3.8) is 0 Å². The van der Waals surface area contributed by atoms with Crippen LogP contribution in [0.25, 0.3) is 0 Å². The number of hydrogen-bond donors (Lipinski definition) is 0. The molecule has 0 aromatic rings. The van der Waals surface area contributed by atoms with Gasteiger partial charge in [0.15, 0.2) is 0 Å². The first-order valence-electron chi connectivity index (χ1n) is 8.19. The van der Waals surface area contributed by atoms with Crippen molar-refractivity contribution in [2.75, 3.05) is 32.8 Å². The molecule has 1 aliphatic heterocycles. The molecule has 0 N–H and O–H groups in total. The van der Waals surface area contributed by atoms with E-state index in [4.69, 9.17) is 4.74 Å². The third kappa shape index (κ3) is 11.1. The van der Waals surface area contributed by atoms with Crippen LogP contribution >= 0.6 is 0 Å². The molecule has 1 rings (SSSR count). The summed E-state index contributed by atoms with van der Waals surface area (Å²) >= 11 is 0. The number of hydrogen-bond acceptors (Lipinski definition) is 2. The fourth-order valence-electron chi connectivity index (χ4n) is 2.48. The van der Waals surface area contributed by atoms with E-state index in [-0.39, 0.29) is 18.9 Å². The Kier molecular flexibility index (Phi) is 13.4. The number of nitrogens with zero attached hydrogens (tertiary/aromatic N) is 1. The van der Waals surface area contributed by atoms with Crippen molar-refractivity contribution in [1.82, 2.24) is 4.90 Å². The van der Waals surface area contributed by atoms with Crippen molar-refractivity contribution in [2.45, 2.75) is 52.4 Å². The van der Waals surface area contributed by atoms with E-state index < -0.39 is 0 Å². The van der Waals surface area contributed by atoms with Gasteiger partial charge in [0.25, 0.3) is 0 Å². The van der Waals surface area contributed by atoms with E-state index in [1.54, 1.807) is 0 Å². The SMILES string of the molecule is [CH2-]/C(=C/CCCCC)CC/C=C(/C)CN1CCOCC1.[Li+]. The number of allylic oxidation sites excluding steroid dienone is 3. The van der Waals surface area contributed by atoms with E-state index in [0.29, 0.717) is 0 Å². The second-order valence-corrected chi connectivity index (χ2v) is 5.84. The zero-order valence-corrected chi connectivity index (χ0v) is 14.5. The quantitative estimate of drug-likeness (QED) is 0.275. The smallest absolute Gasteiger partial charge is 0.379 e. The summed E-state index contributed by atoms with van der Waals surface area (Å²) < 4.78 is 5.37. The summed E-state index contributed by atoms with van der Waals surface area (Å²) in [7, 11) is 0. The van der Waals surface area contributed by atoms with Gasteiger partial charge in [-0.1, -0.05) is 44.3 Å². The molecule has 1 aliphatic rings. The molecule has 0 aromatic heterocycles. The van der Waals surface area contributed by atoms with Gasteiger partial charge in [-0.2, -0.15) is 0 Å². The number of morpholine rings is 1. The maximum atomic E-state index is 5.37. The number of ether oxygens (including phenoxy) is 1. The number of unbranched alkanes of at least 4 members (excludes halogenated alkanes) is 3. The molecule has 0 radical (unpaired) electrons. The average molecular weight is 285 g/mol. The molecule has 0 bridgehead atoms. The Hall–Kier alpha value is -0.133. The molecule has 21 heavy (non-hydrogen) atoms. The Balaban J connectivity index is 0.00000400. The van der Waals surface area contributed by atoms with Crippen LogP contribution < -0.4 is 18.9 Å². The Morgan fingerprint density at radius 3 is 2.52 bits per heavy atom. The van der Waals surface area contributed by atoms with Crippen molar-refractivity contribution in [3.8, 4) is 0 Å². The van der Waals surface area contributed by atoms with Crippen LogP contribution in [0.4, 0.5) is 0 Å². The van der Waals surface area contributed by atoms with Gasteiger partial charge in [0.05, 0.1) is 13.2 Å². The molecular weight excluding hydrogens is 253 g/mol. The van der Waals surface area contributed by atoms with E-state index in [1.807, 2.05) is 0 Å². The monoisotopic (exact) mass is 285 g/mol. The van der Waals surface area contributed by atoms with Crippen LogP contribution in [0.1, 0.15) is 52.4 Å². The maximum Gasteiger partial charge on any atom is 1.00 e. The van der Waals surface area contributed by atoms with E-state index >= 15 is 0 Å². The number of rotatable bonds is 9. The molecule has 3 heteroatoms. The normalized spacial score (nSPS) is 17.6. The topological polar surface area (TPSA) is 12.5 Å². The third-order valence-electron chi connectivity index (χ3n) is 3.78. The molecule has 0 spiro atoms. The molecule has 0 aromatic carbocycles. The van der Waals surface area contributed by atoms with Gasteiger partial charge in [-0.15, -0.1) is 6.42 Å². The summed E-state index contributed by atoms with van der Waals surface area (Å²) in [6, 6.07) is 0. The first kappa shape index (κ1) is 20.9. The van der Waals surface area contributed by atoms with E-state index in [9.17, 15) is 0 Å². The summed E-state index contributed by atoms with van der Waals surface area (Å²) in [5.74, 6) is 0. The van der Waals surface area contributed by atoms with Gasteiger partial charge in [0, 0.05) is 19.6 Å². The van der Waals surface area contributed by atoms with Crippen molar-refractivity contribution in [2.24, 2.45) is 0 Å². The first-order chi connectivity index (χ1) is 9.72. The minimum Gasteiger partial charge on any atom is -0.379 e. The Morgan fingerprint density at radius 2 is 1.86 bits per heavy atom. The molecule has 0 aliphatic carbocycles. The molecule has 0 amide bonds. The molecular formula is C18H32LiNO. The van der Waals surface area contributed by atoms with E-state index in [2.05, 4.69) is 37.8 Å². The predicted octanol–water partition coefficient (Wildman–Crippen LogP) is 1.39. The molecule has 1 saturated heterocycles. The van der Waals surface area contributed by atoms with Gasteiger partial charge in [0.1, 0.15) is 0 Å². The Bertz CT molecular complexity index is 306. The molecule has 0 unspecified atom stereocenters. The van der Waals surface area contributed by atoms with Crippen LogP contribution in [0, 0.1) is 6.92 Å². The molecule has 2 nitrogen and oxygen atoms in total. The van der Waals surface area contributed by atoms with Crippen LogP contribution in [-0.2, 0) is 4.74 Å². The van der Waals surface area contributed by atoms with E-state index in [0.717, 1.165) is 45.7 Å². The average Bonchev–Trinajstić information content (AvgIpc) is 2.45. The fourth-order valence-corrected chi connectivity index (χ4v) is 2.48. The molecule has 0 atom stereocenters. The van der Waals surface area contributed by atoms with Crippen molar-refractivity contribution >= 4 is 0 Å². The predicted molar refractivity (Wildman–Crippen MR) is 87.8 cm³/mol. The van der Waals surface area contributed by atoms with Gasteiger partial charge in [-0.25, -0.2) is 18.6 Å². The second-order valence-electron chi connectivity index (χ2n) is 5.84. The van der Waals surface area contributed by atoms with Gasteiger partial charge >= 0.3 is 18.9 Å². The largest absolute Gasteiger partial charge is 1.00 e. The Labute approximate surface area is 144 Å². The van der Waals surface area contributed by atoms with Crippen molar-refractivity contribution in [1.29, 1.82) is 0 Å². The summed E-state index contributed by atoms with van der Waals surface area (Å²) in [4.78, 5) is 2.47. The summed E-state index contributed by atoms with van der Waals surface area (Å²) in [6.07, 6.45) is 12.1.